The number of nitrogens with zero attached hydrogens (tertiary/aromatic N) is 2. The molecular formula is C29H33F3N2O4. The number of aliphatic hydroxyl groups excluding tert-OH is 1. The van der Waals surface area contributed by atoms with Crippen LogP contribution < -0.4 is 14.2 Å². The van der Waals surface area contributed by atoms with Gasteiger partial charge in [-0.25, -0.2) is 4.98 Å². The molecule has 0 radical (unpaired) electrons. The van der Waals surface area contributed by atoms with E-state index in [0.717, 1.165) is 17.2 Å². The minimum absolute atomic E-state index is 0.0578. The van der Waals surface area contributed by atoms with Crippen molar-refractivity contribution in [3.8, 4) is 39.9 Å². The molecule has 0 spiro atoms. The van der Waals surface area contributed by atoms with Gasteiger partial charge in [-0.2, -0.15) is 18.2 Å². The van der Waals surface area contributed by atoms with E-state index in [1.54, 1.807) is 18.2 Å². The van der Waals surface area contributed by atoms with Crippen molar-refractivity contribution in [2.24, 2.45) is 0 Å². The first-order valence-electron chi connectivity index (χ1n) is 12.4. The zero-order valence-corrected chi connectivity index (χ0v) is 22.7. The molecule has 1 aliphatic carbocycles. The van der Waals surface area contributed by atoms with Gasteiger partial charge < -0.3 is 19.3 Å². The van der Waals surface area contributed by atoms with Crippen molar-refractivity contribution in [3.63, 3.8) is 0 Å². The normalized spacial score (nSPS) is 15.8. The van der Waals surface area contributed by atoms with E-state index >= 15 is 0 Å². The SMILES string of the molecule is COc1c(-c2ccc3c(c2)CCC3O)cc(-c2cnc(OC(C)(C)C)nc2OC(C)(C)C)cc1C(F)(F)F. The number of rotatable bonds is 5. The Morgan fingerprint density at radius 2 is 1.58 bits per heavy atom. The molecule has 1 heterocycles. The minimum atomic E-state index is -4.69. The topological polar surface area (TPSA) is 73.7 Å². The van der Waals surface area contributed by atoms with E-state index in [-0.39, 0.29) is 34.3 Å². The number of methoxy groups -OCH3 is 1. The number of hydrogen-bond acceptors (Lipinski definition) is 6. The molecule has 0 saturated heterocycles. The van der Waals surface area contributed by atoms with Crippen molar-refractivity contribution in [1.82, 2.24) is 9.97 Å². The van der Waals surface area contributed by atoms with Crippen LogP contribution in [-0.4, -0.2) is 33.4 Å². The van der Waals surface area contributed by atoms with Gasteiger partial charge in [0.2, 0.25) is 5.88 Å². The molecule has 1 N–H and O–H groups in total. The van der Waals surface area contributed by atoms with Gasteiger partial charge in [0.1, 0.15) is 17.0 Å². The highest BCUT2D eigenvalue weighted by Crippen LogP contribution is 2.47. The van der Waals surface area contributed by atoms with Crippen LogP contribution in [0, 0.1) is 0 Å². The van der Waals surface area contributed by atoms with Crippen molar-refractivity contribution in [3.05, 3.63) is 53.2 Å². The van der Waals surface area contributed by atoms with Crippen LogP contribution >= 0.6 is 0 Å². The number of aromatic nitrogens is 2. The molecule has 6 nitrogen and oxygen atoms in total. The maximum absolute atomic E-state index is 14.3. The lowest BCUT2D eigenvalue weighted by atomic mass is 9.93. The predicted octanol–water partition coefficient (Wildman–Crippen LogP) is 7.17. The van der Waals surface area contributed by atoms with Gasteiger partial charge in [0.15, 0.2) is 0 Å². The van der Waals surface area contributed by atoms with Crippen LogP contribution in [0.3, 0.4) is 0 Å². The highest BCUT2D eigenvalue weighted by molar-refractivity contribution is 5.81. The number of aryl methyl sites for hydroxylation is 1. The Balaban J connectivity index is 1.95. The summed E-state index contributed by atoms with van der Waals surface area (Å²) in [7, 11) is 1.22. The Kier molecular flexibility index (Phi) is 7.12. The number of benzene rings is 2. The summed E-state index contributed by atoms with van der Waals surface area (Å²) in [6, 6.07) is 7.99. The summed E-state index contributed by atoms with van der Waals surface area (Å²) < 4.78 is 60.1. The van der Waals surface area contributed by atoms with Crippen molar-refractivity contribution in [1.29, 1.82) is 0 Å². The Morgan fingerprint density at radius 3 is 2.18 bits per heavy atom. The summed E-state index contributed by atoms with van der Waals surface area (Å²) in [6.07, 6.45) is -2.62. The van der Waals surface area contributed by atoms with Gasteiger partial charge in [-0.05, 0) is 88.8 Å². The highest BCUT2D eigenvalue weighted by atomic mass is 19.4. The zero-order valence-electron chi connectivity index (χ0n) is 22.7. The molecule has 0 saturated carbocycles. The Bertz CT molecular complexity index is 1340. The molecule has 204 valence electrons. The monoisotopic (exact) mass is 530 g/mol. The van der Waals surface area contributed by atoms with Crippen molar-refractivity contribution >= 4 is 0 Å². The zero-order chi connectivity index (χ0) is 28.0. The maximum atomic E-state index is 14.3. The summed E-state index contributed by atoms with van der Waals surface area (Å²) in [5.41, 5.74) is 0.812. The second-order valence-corrected chi connectivity index (χ2v) is 11.4. The molecule has 0 aliphatic heterocycles. The van der Waals surface area contributed by atoms with Crippen LogP contribution in [0.15, 0.2) is 36.5 Å². The molecule has 9 heteroatoms. The molecule has 1 atom stereocenters. The fraction of sp³-hybridized carbons (Fsp3) is 0.448. The Hall–Kier alpha value is -3.33. The van der Waals surface area contributed by atoms with Crippen molar-refractivity contribution < 1.29 is 32.5 Å². The number of aliphatic hydroxyl groups is 1. The Morgan fingerprint density at radius 1 is 0.895 bits per heavy atom. The first kappa shape index (κ1) is 27.7. The van der Waals surface area contributed by atoms with E-state index in [1.165, 1.54) is 13.3 Å². The van der Waals surface area contributed by atoms with Crippen molar-refractivity contribution in [2.45, 2.75) is 77.9 Å². The van der Waals surface area contributed by atoms with Crippen LogP contribution in [0.4, 0.5) is 13.2 Å². The molecule has 0 fully saturated rings. The Labute approximate surface area is 220 Å². The third-order valence-electron chi connectivity index (χ3n) is 5.94. The number of hydrogen-bond donors (Lipinski definition) is 1. The van der Waals surface area contributed by atoms with Crippen LogP contribution in [0.1, 0.15) is 70.8 Å². The third-order valence-corrected chi connectivity index (χ3v) is 5.94. The predicted molar refractivity (Wildman–Crippen MR) is 139 cm³/mol. The molecule has 38 heavy (non-hydrogen) atoms. The number of alkyl halides is 3. The molecular weight excluding hydrogens is 497 g/mol. The smallest absolute Gasteiger partial charge is 0.420 e. The standard InChI is InChI=1S/C29H33F3N2O4/c1-27(2,3)37-25-21(15-33-26(34-25)38-28(4,5)6)18-13-20(24(36-7)22(14-18)29(30,31)32)17-8-10-19-16(12-17)9-11-23(19)35/h8,10,12-15,23,35H,9,11H2,1-7H3. The first-order chi connectivity index (χ1) is 17.6. The average molecular weight is 531 g/mol. The van der Waals surface area contributed by atoms with E-state index in [4.69, 9.17) is 14.2 Å². The maximum Gasteiger partial charge on any atom is 0.420 e. The lowest BCUT2D eigenvalue weighted by Crippen LogP contribution is -2.26. The van der Waals surface area contributed by atoms with E-state index < -0.39 is 29.0 Å². The molecule has 1 unspecified atom stereocenters. The van der Waals surface area contributed by atoms with E-state index in [0.29, 0.717) is 18.4 Å². The summed E-state index contributed by atoms with van der Waals surface area (Å²) in [5.74, 6) is -0.181. The van der Waals surface area contributed by atoms with Gasteiger partial charge in [0.25, 0.3) is 0 Å². The van der Waals surface area contributed by atoms with Crippen LogP contribution in [0.25, 0.3) is 22.3 Å². The van der Waals surface area contributed by atoms with E-state index in [9.17, 15) is 18.3 Å². The number of halogens is 3. The van der Waals surface area contributed by atoms with Gasteiger partial charge in [-0.1, -0.05) is 18.2 Å². The molecule has 1 aliphatic rings. The molecule has 4 rings (SSSR count). The van der Waals surface area contributed by atoms with Crippen molar-refractivity contribution in [2.75, 3.05) is 7.11 Å². The van der Waals surface area contributed by atoms with Gasteiger partial charge in [0.05, 0.1) is 24.3 Å². The molecule has 2 aromatic carbocycles. The van der Waals surface area contributed by atoms with Gasteiger partial charge in [-0.15, -0.1) is 0 Å². The van der Waals surface area contributed by atoms with Gasteiger partial charge in [0, 0.05) is 11.8 Å². The van der Waals surface area contributed by atoms with Gasteiger partial charge >= 0.3 is 12.2 Å². The highest BCUT2D eigenvalue weighted by Gasteiger charge is 2.37. The quantitative estimate of drug-likeness (QED) is 0.377. The van der Waals surface area contributed by atoms with E-state index in [2.05, 4.69) is 9.97 Å². The lowest BCUT2D eigenvalue weighted by molar-refractivity contribution is -0.138. The summed E-state index contributed by atoms with van der Waals surface area (Å²) in [5, 5.41) is 10.2. The fourth-order valence-electron chi connectivity index (χ4n) is 4.43. The summed E-state index contributed by atoms with van der Waals surface area (Å²) >= 11 is 0. The van der Waals surface area contributed by atoms with Crippen LogP contribution in [-0.2, 0) is 12.6 Å². The molecule has 0 bridgehead atoms. The molecule has 1 aromatic heterocycles. The van der Waals surface area contributed by atoms with Crippen LogP contribution in [0.5, 0.6) is 17.6 Å². The number of ether oxygens (including phenoxy) is 3. The summed E-state index contributed by atoms with van der Waals surface area (Å²) in [6.45, 7) is 11.0. The molecule has 3 aromatic rings. The minimum Gasteiger partial charge on any atom is -0.495 e. The number of fused-ring (bicyclic) bond motifs is 1. The van der Waals surface area contributed by atoms with E-state index in [1.807, 2.05) is 47.6 Å². The van der Waals surface area contributed by atoms with Gasteiger partial charge in [-0.3, -0.25) is 0 Å². The fourth-order valence-corrected chi connectivity index (χ4v) is 4.43. The first-order valence-corrected chi connectivity index (χ1v) is 12.4. The molecule has 0 amide bonds. The third kappa shape index (κ3) is 6.04. The largest absolute Gasteiger partial charge is 0.495 e. The van der Waals surface area contributed by atoms with Crippen LogP contribution in [0.2, 0.25) is 0 Å². The second-order valence-electron chi connectivity index (χ2n) is 11.4. The lowest BCUT2D eigenvalue weighted by Gasteiger charge is -2.25. The second kappa shape index (κ2) is 9.76. The summed E-state index contributed by atoms with van der Waals surface area (Å²) in [4.78, 5) is 8.69. The average Bonchev–Trinajstić information content (AvgIpc) is 3.15.